The van der Waals surface area contributed by atoms with E-state index in [0.717, 1.165) is 33.5 Å². The molecule has 3 atom stereocenters. The highest BCUT2D eigenvalue weighted by Crippen LogP contribution is 2.50. The number of fused-ring (bicyclic) bond motifs is 3. The summed E-state index contributed by atoms with van der Waals surface area (Å²) in [5.41, 5.74) is 8.11. The molecular weight excluding hydrogens is 556 g/mol. The molecule has 1 aliphatic carbocycles. The number of nitrogens with one attached hydrogen (secondary N) is 1. The number of hydrogen-bond acceptors (Lipinski definition) is 3. The quantitative estimate of drug-likeness (QED) is 0.181. The molecule has 0 aromatic heterocycles. The van der Waals surface area contributed by atoms with E-state index in [1.807, 2.05) is 48.7 Å². The smallest absolute Gasteiger partial charge is 0.128 e. The lowest BCUT2D eigenvalue weighted by molar-refractivity contribution is 0.306. The van der Waals surface area contributed by atoms with Gasteiger partial charge in [-0.05, 0) is 84.5 Å². The van der Waals surface area contributed by atoms with Crippen LogP contribution in [0.1, 0.15) is 46.2 Å². The van der Waals surface area contributed by atoms with E-state index in [9.17, 15) is 0 Å². The highest BCUT2D eigenvalue weighted by molar-refractivity contribution is 9.10. The van der Waals surface area contributed by atoms with E-state index in [1.54, 1.807) is 0 Å². The number of nitrogens with zero attached hydrogens (tertiary/aromatic N) is 1. The predicted octanol–water partition coefficient (Wildman–Crippen LogP) is 9.57. The van der Waals surface area contributed by atoms with Gasteiger partial charge >= 0.3 is 0 Å². The van der Waals surface area contributed by atoms with Crippen LogP contribution in [0.15, 0.2) is 107 Å². The maximum atomic E-state index is 6.12. The molecule has 6 rings (SSSR count). The van der Waals surface area contributed by atoms with Gasteiger partial charge in [0, 0.05) is 32.9 Å². The summed E-state index contributed by atoms with van der Waals surface area (Å²) in [5, 5.41) is 4.53. The first-order chi connectivity index (χ1) is 18.5. The Bertz CT molecular complexity index is 1530. The van der Waals surface area contributed by atoms with Crippen LogP contribution in [0.4, 0.5) is 11.4 Å². The number of hydrogen-bond donors (Lipinski definition) is 1. The van der Waals surface area contributed by atoms with Crippen molar-refractivity contribution >= 4 is 45.1 Å². The summed E-state index contributed by atoms with van der Waals surface area (Å²) in [5.74, 6) is 1.77. The molecule has 1 heterocycles. The summed E-state index contributed by atoms with van der Waals surface area (Å²) < 4.78 is 7.09. The summed E-state index contributed by atoms with van der Waals surface area (Å²) in [4.78, 5) is 4.77. The zero-order valence-corrected chi connectivity index (χ0v) is 23.4. The van der Waals surface area contributed by atoms with Crippen molar-refractivity contribution in [2.24, 2.45) is 10.9 Å². The summed E-state index contributed by atoms with van der Waals surface area (Å²) >= 11 is 9.69. The molecule has 5 heteroatoms. The Morgan fingerprint density at radius 2 is 1.89 bits per heavy atom. The standard InChI is InChI=1S/C33H28BrClN2O/c1-21-8-14-31-30(16-21)28-6-3-7-29(28)33(37-31)23-9-12-27(13-10-23)36-19-24-18-25(34)11-15-32(24)38-20-22-4-2-5-26(35)17-22/h2-6,8-19,28-29,33,37H,7,20H2,1H3/t28-,29+,33-/m1/s1. The number of ether oxygens (including phenoxy) is 1. The third-order valence-electron chi connectivity index (χ3n) is 7.38. The maximum Gasteiger partial charge on any atom is 0.128 e. The van der Waals surface area contributed by atoms with Crippen molar-refractivity contribution in [1.29, 1.82) is 0 Å². The van der Waals surface area contributed by atoms with Gasteiger partial charge in [-0.15, -0.1) is 0 Å². The van der Waals surface area contributed by atoms with Gasteiger partial charge in [0.1, 0.15) is 12.4 Å². The first-order valence-corrected chi connectivity index (χ1v) is 14.1. The molecule has 0 saturated heterocycles. The van der Waals surface area contributed by atoms with Crippen molar-refractivity contribution < 1.29 is 4.74 Å². The lowest BCUT2D eigenvalue weighted by Crippen LogP contribution is -2.29. The Kier molecular flexibility index (Phi) is 7.10. The molecule has 4 aromatic carbocycles. The molecule has 3 nitrogen and oxygen atoms in total. The largest absolute Gasteiger partial charge is 0.488 e. The number of anilines is 1. The summed E-state index contributed by atoms with van der Waals surface area (Å²) in [7, 11) is 0. The average Bonchev–Trinajstić information content (AvgIpc) is 3.42. The van der Waals surface area contributed by atoms with Crippen LogP contribution in [0.25, 0.3) is 0 Å². The number of aryl methyl sites for hydroxylation is 1. The lowest BCUT2D eigenvalue weighted by atomic mass is 9.76. The third kappa shape index (κ3) is 5.29. The molecule has 190 valence electrons. The first-order valence-electron chi connectivity index (χ1n) is 12.9. The Labute approximate surface area is 237 Å². The molecule has 38 heavy (non-hydrogen) atoms. The van der Waals surface area contributed by atoms with Crippen molar-refractivity contribution in [2.75, 3.05) is 5.32 Å². The molecule has 0 bridgehead atoms. The fourth-order valence-corrected chi connectivity index (χ4v) is 6.09. The van der Waals surface area contributed by atoms with E-state index in [2.05, 4.69) is 82.8 Å². The van der Waals surface area contributed by atoms with Gasteiger partial charge in [0.2, 0.25) is 0 Å². The average molecular weight is 584 g/mol. The zero-order valence-electron chi connectivity index (χ0n) is 21.1. The van der Waals surface area contributed by atoms with Crippen LogP contribution in [0.5, 0.6) is 5.75 Å². The van der Waals surface area contributed by atoms with Gasteiger partial charge in [0.25, 0.3) is 0 Å². The second-order valence-corrected chi connectivity index (χ2v) is 11.4. The summed E-state index contributed by atoms with van der Waals surface area (Å²) in [6.07, 6.45) is 7.68. The van der Waals surface area contributed by atoms with Gasteiger partial charge in [-0.1, -0.05) is 81.6 Å². The van der Waals surface area contributed by atoms with Crippen molar-refractivity contribution in [3.8, 4) is 5.75 Å². The van der Waals surface area contributed by atoms with Gasteiger partial charge in [-0.2, -0.15) is 0 Å². The van der Waals surface area contributed by atoms with Gasteiger partial charge in [-0.25, -0.2) is 0 Å². The normalized spacial score (nSPS) is 19.7. The summed E-state index contributed by atoms with van der Waals surface area (Å²) in [6.45, 7) is 2.60. The van der Waals surface area contributed by atoms with E-state index in [4.69, 9.17) is 21.3 Å². The van der Waals surface area contributed by atoms with Gasteiger partial charge in [0.05, 0.1) is 11.7 Å². The Morgan fingerprint density at radius 3 is 2.74 bits per heavy atom. The maximum absolute atomic E-state index is 6.12. The van der Waals surface area contributed by atoms with Crippen LogP contribution >= 0.6 is 27.5 Å². The first kappa shape index (κ1) is 25.0. The highest BCUT2D eigenvalue weighted by Gasteiger charge is 2.37. The SMILES string of the molecule is Cc1ccc2c(c1)[C@@H]1C=CC[C@@H]1[C@@H](c1ccc(N=Cc3cc(Br)ccc3OCc3cccc(Cl)c3)cc1)N2. The lowest BCUT2D eigenvalue weighted by Gasteiger charge is -2.37. The van der Waals surface area contributed by atoms with Gasteiger partial charge in [0.15, 0.2) is 0 Å². The third-order valence-corrected chi connectivity index (χ3v) is 8.11. The van der Waals surface area contributed by atoms with E-state index in [0.29, 0.717) is 23.5 Å². The molecule has 0 fully saturated rings. The van der Waals surface area contributed by atoms with E-state index in [1.165, 1.54) is 22.4 Å². The number of allylic oxidation sites excluding steroid dienone is 2. The van der Waals surface area contributed by atoms with Crippen LogP contribution in [-0.4, -0.2) is 6.21 Å². The van der Waals surface area contributed by atoms with Crippen molar-refractivity contribution in [2.45, 2.75) is 31.9 Å². The number of halogens is 2. The molecule has 0 unspecified atom stereocenters. The van der Waals surface area contributed by atoms with Crippen LogP contribution < -0.4 is 10.1 Å². The molecule has 2 aliphatic rings. The minimum absolute atomic E-state index is 0.278. The fraction of sp³-hybridized carbons (Fsp3) is 0.182. The zero-order chi connectivity index (χ0) is 26.1. The van der Waals surface area contributed by atoms with Gasteiger partial charge < -0.3 is 10.1 Å². The molecule has 1 aliphatic heterocycles. The number of rotatable bonds is 6. The molecular formula is C33H28BrClN2O. The highest BCUT2D eigenvalue weighted by atomic mass is 79.9. The molecule has 0 amide bonds. The fourth-order valence-electron chi connectivity index (χ4n) is 5.50. The molecule has 0 saturated carbocycles. The monoisotopic (exact) mass is 582 g/mol. The second kappa shape index (κ2) is 10.8. The van der Waals surface area contributed by atoms with Crippen LogP contribution in [0, 0.1) is 12.8 Å². The van der Waals surface area contributed by atoms with Gasteiger partial charge in [-0.3, -0.25) is 4.99 Å². The van der Waals surface area contributed by atoms with Crippen LogP contribution in [0.2, 0.25) is 5.02 Å². The van der Waals surface area contributed by atoms with E-state index in [-0.39, 0.29) is 6.04 Å². The Hall–Kier alpha value is -3.34. The van der Waals surface area contributed by atoms with Crippen LogP contribution in [-0.2, 0) is 6.61 Å². The minimum atomic E-state index is 0.278. The molecule has 4 aromatic rings. The van der Waals surface area contributed by atoms with Crippen molar-refractivity contribution in [3.63, 3.8) is 0 Å². The van der Waals surface area contributed by atoms with Crippen molar-refractivity contribution in [3.05, 3.63) is 134 Å². The molecule has 0 radical (unpaired) electrons. The van der Waals surface area contributed by atoms with Crippen LogP contribution in [0.3, 0.4) is 0 Å². The second-order valence-electron chi connectivity index (χ2n) is 10.0. The Morgan fingerprint density at radius 1 is 1.03 bits per heavy atom. The summed E-state index contributed by atoms with van der Waals surface area (Å²) in [6, 6.07) is 29.3. The number of aliphatic imine (C=N–C) groups is 1. The topological polar surface area (TPSA) is 33.6 Å². The van der Waals surface area contributed by atoms with E-state index >= 15 is 0 Å². The minimum Gasteiger partial charge on any atom is -0.488 e. The molecule has 0 spiro atoms. The van der Waals surface area contributed by atoms with E-state index < -0.39 is 0 Å². The predicted molar refractivity (Wildman–Crippen MR) is 161 cm³/mol. The Balaban J connectivity index is 1.19. The molecule has 1 N–H and O–H groups in total. The van der Waals surface area contributed by atoms with Crippen molar-refractivity contribution in [1.82, 2.24) is 0 Å². The number of benzene rings is 4.